The second-order valence-electron chi connectivity index (χ2n) is 2.19. The second-order valence-corrected chi connectivity index (χ2v) is 3.05. The number of aryl methyl sites for hydroxylation is 1. The molecule has 1 rings (SSSR count). The Morgan fingerprint density at radius 2 is 2.20 bits per heavy atom. The van der Waals surface area contributed by atoms with Gasteiger partial charge in [-0.2, -0.15) is 0 Å². The Balaban J connectivity index is 3.19. The van der Waals surface area contributed by atoms with Crippen LogP contribution in [0.15, 0.2) is 22.7 Å². The number of hydrogen-bond donors (Lipinski definition) is 0. The molecule has 0 aromatic heterocycles. The van der Waals surface area contributed by atoms with E-state index in [2.05, 4.69) is 15.9 Å². The van der Waals surface area contributed by atoms with Crippen LogP contribution in [-0.2, 0) is 0 Å². The minimum absolute atomic E-state index is 1.03. The maximum absolute atomic E-state index is 5.35. The van der Waals surface area contributed by atoms with Crippen molar-refractivity contribution in [3.63, 3.8) is 0 Å². The maximum Gasteiger partial charge on any atom is 0.0250 e. The lowest BCUT2D eigenvalue weighted by Gasteiger charge is -1.97. The van der Waals surface area contributed by atoms with Crippen LogP contribution >= 0.6 is 15.9 Å². The summed E-state index contributed by atoms with van der Waals surface area (Å²) in [7, 11) is 0. The van der Waals surface area contributed by atoms with E-state index >= 15 is 0 Å². The molecule has 0 fully saturated rings. The van der Waals surface area contributed by atoms with Crippen LogP contribution in [0.4, 0.5) is 0 Å². The zero-order chi connectivity index (χ0) is 7.56. The molecule has 1 aromatic rings. The van der Waals surface area contributed by atoms with Crippen LogP contribution in [0.3, 0.4) is 0 Å². The highest BCUT2D eigenvalue weighted by Gasteiger charge is 1.93. The Morgan fingerprint density at radius 1 is 1.50 bits per heavy atom. The van der Waals surface area contributed by atoms with Gasteiger partial charge < -0.3 is 0 Å². The molecule has 0 unspecified atom stereocenters. The summed E-state index contributed by atoms with van der Waals surface area (Å²) in [6, 6.07) is 6.06. The van der Waals surface area contributed by atoms with Crippen molar-refractivity contribution in [1.29, 1.82) is 0 Å². The van der Waals surface area contributed by atoms with Gasteiger partial charge in [-0.05, 0) is 24.1 Å². The van der Waals surface area contributed by atoms with Crippen molar-refractivity contribution >= 4 is 22.0 Å². The average molecular weight is 196 g/mol. The van der Waals surface area contributed by atoms with Crippen LogP contribution < -0.4 is 0 Å². The Hall–Kier alpha value is -0.560. The molecule has 51 valence electrons. The fourth-order valence-corrected chi connectivity index (χ4v) is 1.39. The number of halogens is 1. The lowest BCUT2D eigenvalue weighted by atomic mass is 10.1. The first kappa shape index (κ1) is 7.55. The Bertz CT molecular complexity index is 251. The topological polar surface area (TPSA) is 0 Å². The fourth-order valence-electron chi connectivity index (χ4n) is 0.767. The van der Waals surface area contributed by atoms with Gasteiger partial charge in [0.1, 0.15) is 0 Å². The molecular formula is C9H8Br. The predicted molar refractivity (Wildman–Crippen MR) is 47.6 cm³/mol. The highest BCUT2D eigenvalue weighted by molar-refractivity contribution is 9.10. The summed E-state index contributed by atoms with van der Waals surface area (Å²) in [5, 5.41) is 0. The summed E-state index contributed by atoms with van der Waals surface area (Å²) in [6.07, 6.45) is 1.59. The van der Waals surface area contributed by atoms with Crippen LogP contribution in [0.1, 0.15) is 11.1 Å². The van der Waals surface area contributed by atoms with Crippen molar-refractivity contribution in [3.8, 4) is 0 Å². The number of hydrogen-bond acceptors (Lipinski definition) is 0. The van der Waals surface area contributed by atoms with Crippen molar-refractivity contribution in [2.24, 2.45) is 0 Å². The summed E-state index contributed by atoms with van der Waals surface area (Å²) in [6.45, 7) is 7.39. The summed E-state index contributed by atoms with van der Waals surface area (Å²) in [5.41, 5.74) is 2.27. The molecule has 0 atom stereocenters. The average Bonchev–Trinajstić information content (AvgIpc) is 1.88. The summed E-state index contributed by atoms with van der Waals surface area (Å²) in [4.78, 5) is 0. The van der Waals surface area contributed by atoms with Gasteiger partial charge in [0.25, 0.3) is 0 Å². The lowest BCUT2D eigenvalue weighted by Crippen LogP contribution is -1.76. The van der Waals surface area contributed by atoms with Gasteiger partial charge in [-0.15, -0.1) is 0 Å². The smallest absolute Gasteiger partial charge is 0.0250 e. The fraction of sp³-hybridized carbons (Fsp3) is 0.111. The molecule has 0 nitrogen and oxygen atoms in total. The highest BCUT2D eigenvalue weighted by Crippen LogP contribution is 2.18. The monoisotopic (exact) mass is 195 g/mol. The van der Waals surface area contributed by atoms with E-state index in [0.717, 1.165) is 10.0 Å². The largest absolute Gasteiger partial charge is 0.0616 e. The van der Waals surface area contributed by atoms with Crippen LogP contribution in [0.25, 0.3) is 6.08 Å². The number of rotatable bonds is 1. The first-order valence-electron chi connectivity index (χ1n) is 3.05. The first-order chi connectivity index (χ1) is 4.74. The van der Waals surface area contributed by atoms with Crippen molar-refractivity contribution in [3.05, 3.63) is 40.4 Å². The Labute approximate surface area is 69.7 Å². The molecule has 0 N–H and O–H groups in total. The normalized spacial score (nSPS) is 9.40. The van der Waals surface area contributed by atoms with E-state index in [1.54, 1.807) is 6.08 Å². The van der Waals surface area contributed by atoms with Crippen LogP contribution in [0.5, 0.6) is 0 Å². The van der Waals surface area contributed by atoms with E-state index in [4.69, 9.17) is 6.58 Å². The van der Waals surface area contributed by atoms with Gasteiger partial charge in [0.05, 0.1) is 0 Å². The van der Waals surface area contributed by atoms with E-state index in [0.29, 0.717) is 0 Å². The molecule has 0 amide bonds. The van der Waals surface area contributed by atoms with Gasteiger partial charge in [-0.25, -0.2) is 0 Å². The van der Waals surface area contributed by atoms with E-state index < -0.39 is 0 Å². The summed E-state index contributed by atoms with van der Waals surface area (Å²) < 4.78 is 1.05. The van der Waals surface area contributed by atoms with Gasteiger partial charge >= 0.3 is 0 Å². The summed E-state index contributed by atoms with van der Waals surface area (Å²) in [5.74, 6) is 0. The third kappa shape index (κ3) is 1.48. The molecule has 0 bridgehead atoms. The molecule has 0 aliphatic carbocycles. The standard InChI is InChI=1S/C9H8Br/c1-3-8-5-4-7(2)6-9(8)10/h1,3-6H,2H3. The quantitative estimate of drug-likeness (QED) is 0.646. The molecular weight excluding hydrogens is 188 g/mol. The minimum atomic E-state index is 1.03. The van der Waals surface area contributed by atoms with Gasteiger partial charge in [-0.3, -0.25) is 0 Å². The summed E-state index contributed by atoms with van der Waals surface area (Å²) >= 11 is 3.40. The van der Waals surface area contributed by atoms with Crippen LogP contribution in [0, 0.1) is 13.5 Å². The minimum Gasteiger partial charge on any atom is -0.0616 e. The SMILES string of the molecule is [CH]=Cc1ccc(C)cc1Br. The first-order valence-corrected chi connectivity index (χ1v) is 3.84. The molecule has 1 heteroatoms. The molecule has 0 spiro atoms. The Kier molecular flexibility index (Phi) is 2.28. The van der Waals surface area contributed by atoms with Gasteiger partial charge in [0, 0.05) is 4.47 Å². The van der Waals surface area contributed by atoms with Crippen molar-refractivity contribution in [2.75, 3.05) is 0 Å². The van der Waals surface area contributed by atoms with E-state index in [-0.39, 0.29) is 0 Å². The molecule has 0 saturated carbocycles. The van der Waals surface area contributed by atoms with Crippen molar-refractivity contribution in [1.82, 2.24) is 0 Å². The third-order valence-electron chi connectivity index (χ3n) is 1.34. The Morgan fingerprint density at radius 3 is 2.70 bits per heavy atom. The molecule has 0 heterocycles. The van der Waals surface area contributed by atoms with Crippen molar-refractivity contribution < 1.29 is 0 Å². The van der Waals surface area contributed by atoms with E-state index in [1.165, 1.54) is 5.56 Å². The molecule has 10 heavy (non-hydrogen) atoms. The van der Waals surface area contributed by atoms with Crippen LogP contribution in [0.2, 0.25) is 0 Å². The molecule has 0 saturated heterocycles. The van der Waals surface area contributed by atoms with Gasteiger partial charge in [0.2, 0.25) is 0 Å². The molecule has 1 aromatic carbocycles. The highest BCUT2D eigenvalue weighted by atomic mass is 79.9. The van der Waals surface area contributed by atoms with Gasteiger partial charge in [-0.1, -0.05) is 40.7 Å². The number of benzene rings is 1. The van der Waals surface area contributed by atoms with E-state index in [9.17, 15) is 0 Å². The molecule has 1 radical (unpaired) electrons. The maximum atomic E-state index is 5.35. The lowest BCUT2D eigenvalue weighted by molar-refractivity contribution is 1.44. The predicted octanol–water partition coefficient (Wildman–Crippen LogP) is 3.20. The van der Waals surface area contributed by atoms with Crippen LogP contribution in [-0.4, -0.2) is 0 Å². The second kappa shape index (κ2) is 3.02. The third-order valence-corrected chi connectivity index (χ3v) is 2.02. The zero-order valence-electron chi connectivity index (χ0n) is 5.76. The molecule has 0 aliphatic heterocycles. The molecule has 0 aliphatic rings. The van der Waals surface area contributed by atoms with E-state index in [1.807, 2.05) is 25.1 Å². The zero-order valence-corrected chi connectivity index (χ0v) is 7.35. The van der Waals surface area contributed by atoms with Gasteiger partial charge in [0.15, 0.2) is 0 Å². The van der Waals surface area contributed by atoms with Crippen molar-refractivity contribution in [2.45, 2.75) is 6.92 Å².